The first-order valence-corrected chi connectivity index (χ1v) is 6.69. The molecule has 20 heavy (non-hydrogen) atoms. The molecule has 3 heteroatoms. The summed E-state index contributed by atoms with van der Waals surface area (Å²) in [4.78, 5) is 13.4. The van der Waals surface area contributed by atoms with Crippen molar-refractivity contribution in [3.8, 4) is 5.75 Å². The second kappa shape index (κ2) is 4.67. The van der Waals surface area contributed by atoms with Crippen molar-refractivity contribution in [1.29, 1.82) is 0 Å². The van der Waals surface area contributed by atoms with E-state index in [1.165, 1.54) is 10.9 Å². The van der Waals surface area contributed by atoms with E-state index in [0.29, 0.717) is 6.54 Å². The molecule has 0 atom stereocenters. The summed E-state index contributed by atoms with van der Waals surface area (Å²) in [6.07, 6.45) is 0.859. The van der Waals surface area contributed by atoms with Crippen LogP contribution in [-0.2, 0) is 11.2 Å². The maximum Gasteiger partial charge on any atom is 0.223 e. The highest BCUT2D eigenvalue weighted by molar-refractivity contribution is 5.94. The van der Waals surface area contributed by atoms with Crippen LogP contribution in [-0.4, -0.2) is 24.5 Å². The molecular weight excluding hydrogens is 250 g/mol. The predicted molar refractivity (Wildman–Crippen MR) is 80.6 cm³/mol. The fraction of sp³-hybridized carbons (Fsp3) is 0.235. The van der Waals surface area contributed by atoms with Crippen LogP contribution in [0.2, 0.25) is 0 Å². The Kier molecular flexibility index (Phi) is 2.97. The van der Waals surface area contributed by atoms with Crippen molar-refractivity contribution in [3.63, 3.8) is 0 Å². The van der Waals surface area contributed by atoms with Gasteiger partial charge in [-0.05, 0) is 34.9 Å². The van der Waals surface area contributed by atoms with E-state index in [9.17, 15) is 4.79 Å². The fourth-order valence-corrected chi connectivity index (χ4v) is 2.89. The second-order valence-corrected chi connectivity index (χ2v) is 5.05. The normalized spacial score (nSPS) is 14.3. The first-order valence-electron chi connectivity index (χ1n) is 6.69. The Labute approximate surface area is 118 Å². The quantitative estimate of drug-likeness (QED) is 0.794. The smallest absolute Gasteiger partial charge is 0.223 e. The van der Waals surface area contributed by atoms with E-state index in [1.54, 1.807) is 18.9 Å². The highest BCUT2D eigenvalue weighted by atomic mass is 16.5. The van der Waals surface area contributed by atoms with Gasteiger partial charge in [-0.1, -0.05) is 24.8 Å². The lowest BCUT2D eigenvalue weighted by molar-refractivity contribution is -0.125. The summed E-state index contributed by atoms with van der Waals surface area (Å²) in [6, 6.07) is 10.2. The van der Waals surface area contributed by atoms with E-state index >= 15 is 0 Å². The van der Waals surface area contributed by atoms with Gasteiger partial charge in [0.2, 0.25) is 5.91 Å². The third kappa shape index (κ3) is 1.86. The average Bonchev–Trinajstić information content (AvgIpc) is 2.46. The molecule has 0 fully saturated rings. The van der Waals surface area contributed by atoms with Crippen molar-refractivity contribution in [2.24, 2.45) is 0 Å². The number of carbonyl (C=O) groups is 1. The molecule has 3 rings (SSSR count). The van der Waals surface area contributed by atoms with E-state index in [2.05, 4.69) is 24.8 Å². The number of amides is 1. The van der Waals surface area contributed by atoms with Gasteiger partial charge in [-0.3, -0.25) is 4.79 Å². The van der Waals surface area contributed by atoms with Crippen LogP contribution in [0.15, 0.2) is 36.9 Å². The van der Waals surface area contributed by atoms with Crippen molar-refractivity contribution in [3.05, 3.63) is 48.0 Å². The minimum Gasteiger partial charge on any atom is -0.497 e. The van der Waals surface area contributed by atoms with Gasteiger partial charge in [-0.2, -0.15) is 0 Å². The molecule has 0 unspecified atom stereocenters. The lowest BCUT2D eigenvalue weighted by atomic mass is 9.91. The molecule has 1 aliphatic rings. The third-order valence-electron chi connectivity index (χ3n) is 3.94. The summed E-state index contributed by atoms with van der Waals surface area (Å²) in [5.41, 5.74) is 3.15. The Balaban J connectivity index is 2.16. The van der Waals surface area contributed by atoms with E-state index in [1.807, 2.05) is 12.1 Å². The Hall–Kier alpha value is -2.29. The van der Waals surface area contributed by atoms with Gasteiger partial charge in [0.25, 0.3) is 0 Å². The summed E-state index contributed by atoms with van der Waals surface area (Å²) in [6.45, 7) is 6.37. The largest absolute Gasteiger partial charge is 0.497 e. The summed E-state index contributed by atoms with van der Waals surface area (Å²) in [5, 5.41) is 2.37. The molecule has 0 aliphatic carbocycles. The van der Waals surface area contributed by atoms with Crippen LogP contribution in [0.1, 0.15) is 18.1 Å². The average molecular weight is 267 g/mol. The van der Waals surface area contributed by atoms with Crippen LogP contribution >= 0.6 is 0 Å². The van der Waals surface area contributed by atoms with E-state index in [-0.39, 0.29) is 5.91 Å². The lowest BCUT2D eigenvalue weighted by Crippen LogP contribution is -2.32. The summed E-state index contributed by atoms with van der Waals surface area (Å²) >= 11 is 0. The number of ether oxygens (including phenoxy) is 1. The minimum absolute atomic E-state index is 0.0514. The van der Waals surface area contributed by atoms with Crippen LogP contribution in [0.25, 0.3) is 16.5 Å². The van der Waals surface area contributed by atoms with Crippen molar-refractivity contribution in [2.45, 2.75) is 13.3 Å². The highest BCUT2D eigenvalue weighted by Gasteiger charge is 2.23. The fourth-order valence-electron chi connectivity index (χ4n) is 2.89. The van der Waals surface area contributed by atoms with Crippen molar-refractivity contribution in [2.75, 3.05) is 13.7 Å². The predicted octanol–water partition coefficient (Wildman–Crippen LogP) is 3.22. The van der Waals surface area contributed by atoms with Gasteiger partial charge in [0.15, 0.2) is 0 Å². The molecule has 0 aromatic heterocycles. The van der Waals surface area contributed by atoms with Gasteiger partial charge in [-0.15, -0.1) is 0 Å². The molecule has 1 heterocycles. The lowest BCUT2D eigenvalue weighted by Gasteiger charge is -2.31. The van der Waals surface area contributed by atoms with Crippen LogP contribution in [0.5, 0.6) is 5.75 Å². The SMILES string of the molecule is C=C1c2ccc3cc(OC)ccc3c2CCN1C(C)=O. The molecule has 2 aromatic rings. The molecule has 102 valence electrons. The number of benzene rings is 2. The van der Waals surface area contributed by atoms with Crippen LogP contribution in [0.4, 0.5) is 0 Å². The van der Waals surface area contributed by atoms with Crippen LogP contribution < -0.4 is 4.74 Å². The number of nitrogens with zero attached hydrogens (tertiary/aromatic N) is 1. The molecular formula is C17H17NO2. The standard InChI is InChI=1S/C17H17NO2/c1-11-15-6-4-13-10-14(20-3)5-7-16(13)17(15)8-9-18(11)12(2)19/h4-7,10H,1,8-9H2,2-3H3. The summed E-state index contributed by atoms with van der Waals surface area (Å²) in [5.74, 6) is 0.910. The van der Waals surface area contributed by atoms with E-state index < -0.39 is 0 Å². The molecule has 0 N–H and O–H groups in total. The summed E-state index contributed by atoms with van der Waals surface area (Å²) < 4.78 is 5.27. The van der Waals surface area contributed by atoms with Gasteiger partial charge < -0.3 is 9.64 Å². The van der Waals surface area contributed by atoms with Crippen molar-refractivity contribution in [1.82, 2.24) is 4.90 Å². The molecule has 0 bridgehead atoms. The Morgan fingerprint density at radius 3 is 2.80 bits per heavy atom. The topological polar surface area (TPSA) is 29.5 Å². The Morgan fingerprint density at radius 1 is 1.30 bits per heavy atom. The molecule has 2 aromatic carbocycles. The Morgan fingerprint density at radius 2 is 2.10 bits per heavy atom. The first kappa shape index (κ1) is 12.7. The van der Waals surface area contributed by atoms with Crippen molar-refractivity contribution < 1.29 is 9.53 Å². The molecule has 1 amide bonds. The van der Waals surface area contributed by atoms with Crippen LogP contribution in [0, 0.1) is 0 Å². The first-order chi connectivity index (χ1) is 9.61. The van der Waals surface area contributed by atoms with Crippen LogP contribution in [0.3, 0.4) is 0 Å². The molecule has 0 saturated heterocycles. The molecule has 3 nitrogen and oxygen atoms in total. The van der Waals surface area contributed by atoms with Gasteiger partial charge in [-0.25, -0.2) is 0 Å². The minimum atomic E-state index is 0.0514. The second-order valence-electron chi connectivity index (χ2n) is 5.05. The van der Waals surface area contributed by atoms with E-state index in [0.717, 1.165) is 28.8 Å². The summed E-state index contributed by atoms with van der Waals surface area (Å²) in [7, 11) is 1.67. The van der Waals surface area contributed by atoms with Gasteiger partial charge in [0.05, 0.1) is 7.11 Å². The van der Waals surface area contributed by atoms with Gasteiger partial charge >= 0.3 is 0 Å². The molecule has 0 radical (unpaired) electrons. The monoisotopic (exact) mass is 267 g/mol. The molecule has 0 saturated carbocycles. The maximum atomic E-state index is 11.6. The van der Waals surface area contributed by atoms with Gasteiger partial charge in [0, 0.05) is 24.7 Å². The number of rotatable bonds is 1. The number of fused-ring (bicyclic) bond motifs is 3. The third-order valence-corrected chi connectivity index (χ3v) is 3.94. The number of hydrogen-bond acceptors (Lipinski definition) is 2. The van der Waals surface area contributed by atoms with Gasteiger partial charge in [0.1, 0.15) is 5.75 Å². The number of methoxy groups -OCH3 is 1. The molecule has 1 aliphatic heterocycles. The zero-order chi connectivity index (χ0) is 14.3. The molecule has 0 spiro atoms. The zero-order valence-electron chi connectivity index (χ0n) is 11.8. The van der Waals surface area contributed by atoms with Crippen molar-refractivity contribution >= 4 is 22.4 Å². The number of carbonyl (C=O) groups excluding carboxylic acids is 1. The number of hydrogen-bond donors (Lipinski definition) is 0. The maximum absolute atomic E-state index is 11.6. The Bertz CT molecular complexity index is 718. The van der Waals surface area contributed by atoms with E-state index in [4.69, 9.17) is 4.74 Å². The zero-order valence-corrected chi connectivity index (χ0v) is 11.8. The highest BCUT2D eigenvalue weighted by Crippen LogP contribution is 2.34.